The molecule has 2 aromatic carbocycles. The summed E-state index contributed by atoms with van der Waals surface area (Å²) in [6.07, 6.45) is 0.961. The molecule has 0 spiro atoms. The Morgan fingerprint density at radius 1 is 1.15 bits per heavy atom. The fourth-order valence-electron chi connectivity index (χ4n) is 1.89. The van der Waals surface area contributed by atoms with Gasteiger partial charge in [-0.1, -0.05) is 25.1 Å². The molecule has 0 atom stereocenters. The molecule has 0 aliphatic heterocycles. The van der Waals surface area contributed by atoms with E-state index < -0.39 is 0 Å². The van der Waals surface area contributed by atoms with Crippen molar-refractivity contribution in [3.8, 4) is 0 Å². The quantitative estimate of drug-likeness (QED) is 0.813. The fraction of sp³-hybridized carbons (Fsp3) is 0.188. The first-order chi connectivity index (χ1) is 9.58. The molecule has 2 aromatic rings. The van der Waals surface area contributed by atoms with Gasteiger partial charge in [0.05, 0.1) is 5.69 Å². The number of halogens is 1. The van der Waals surface area contributed by atoms with Gasteiger partial charge in [-0.2, -0.15) is 0 Å². The number of benzene rings is 2. The molecule has 0 bridgehead atoms. The second kappa shape index (κ2) is 6.48. The highest BCUT2D eigenvalue weighted by Crippen LogP contribution is 2.17. The molecule has 0 fully saturated rings. The van der Waals surface area contributed by atoms with Crippen LogP contribution in [0.1, 0.15) is 18.1 Å². The molecule has 2 nitrogen and oxygen atoms in total. The van der Waals surface area contributed by atoms with Crippen LogP contribution in [0.15, 0.2) is 42.5 Å². The molecule has 2 rings (SSSR count). The third-order valence-electron chi connectivity index (χ3n) is 2.96. The third-order valence-corrected chi connectivity index (χ3v) is 3.17. The van der Waals surface area contributed by atoms with E-state index in [4.69, 9.17) is 12.2 Å². The maximum absolute atomic E-state index is 13.6. The Morgan fingerprint density at radius 2 is 1.95 bits per heavy atom. The van der Waals surface area contributed by atoms with Crippen LogP contribution in [0, 0.1) is 12.7 Å². The molecule has 0 amide bonds. The van der Waals surface area contributed by atoms with Gasteiger partial charge in [-0.3, -0.25) is 0 Å². The standard InChI is InChI=1S/C16H17FN2S/c1-3-12-5-4-6-13(10-12)18-16(20)19-15-9-11(2)7-8-14(15)17/h4-10H,3H2,1-2H3,(H2,18,19,20). The van der Waals surface area contributed by atoms with E-state index in [9.17, 15) is 4.39 Å². The van der Waals surface area contributed by atoms with Crippen LogP contribution in [0.2, 0.25) is 0 Å². The minimum atomic E-state index is -0.318. The van der Waals surface area contributed by atoms with E-state index in [1.165, 1.54) is 11.6 Å². The van der Waals surface area contributed by atoms with Crippen LogP contribution in [0.25, 0.3) is 0 Å². The van der Waals surface area contributed by atoms with E-state index in [1.807, 2.05) is 25.1 Å². The van der Waals surface area contributed by atoms with E-state index in [0.717, 1.165) is 17.7 Å². The van der Waals surface area contributed by atoms with Crippen LogP contribution < -0.4 is 10.6 Å². The zero-order chi connectivity index (χ0) is 14.5. The van der Waals surface area contributed by atoms with E-state index in [2.05, 4.69) is 23.6 Å². The monoisotopic (exact) mass is 288 g/mol. The molecule has 0 aliphatic rings. The topological polar surface area (TPSA) is 24.1 Å². The average Bonchev–Trinajstić information content (AvgIpc) is 2.43. The lowest BCUT2D eigenvalue weighted by Crippen LogP contribution is -2.19. The lowest BCUT2D eigenvalue weighted by atomic mass is 10.1. The Balaban J connectivity index is 2.07. The van der Waals surface area contributed by atoms with Crippen molar-refractivity contribution in [2.24, 2.45) is 0 Å². The van der Waals surface area contributed by atoms with Gasteiger partial charge in [0.15, 0.2) is 5.11 Å². The van der Waals surface area contributed by atoms with Crippen molar-refractivity contribution in [1.29, 1.82) is 0 Å². The van der Waals surface area contributed by atoms with Crippen LogP contribution in [-0.2, 0) is 6.42 Å². The summed E-state index contributed by atoms with van der Waals surface area (Å²) in [5, 5.41) is 6.33. The van der Waals surface area contributed by atoms with E-state index in [-0.39, 0.29) is 5.82 Å². The van der Waals surface area contributed by atoms with Crippen LogP contribution in [0.3, 0.4) is 0 Å². The summed E-state index contributed by atoms with van der Waals surface area (Å²) in [7, 11) is 0. The number of hydrogen-bond acceptors (Lipinski definition) is 1. The van der Waals surface area contributed by atoms with Crippen molar-refractivity contribution in [3.05, 3.63) is 59.4 Å². The summed E-state index contributed by atoms with van der Waals surface area (Å²) in [4.78, 5) is 0. The van der Waals surface area contributed by atoms with Crippen LogP contribution in [-0.4, -0.2) is 5.11 Å². The number of rotatable bonds is 3. The van der Waals surface area contributed by atoms with Gasteiger partial charge in [-0.25, -0.2) is 4.39 Å². The van der Waals surface area contributed by atoms with E-state index in [1.54, 1.807) is 12.1 Å². The molecule has 104 valence electrons. The highest BCUT2D eigenvalue weighted by molar-refractivity contribution is 7.80. The highest BCUT2D eigenvalue weighted by atomic mass is 32.1. The number of aryl methyl sites for hydroxylation is 2. The molecule has 0 saturated heterocycles. The van der Waals surface area contributed by atoms with Gasteiger partial charge < -0.3 is 10.6 Å². The summed E-state index contributed by atoms with van der Waals surface area (Å²) in [6, 6.07) is 12.9. The molecular formula is C16H17FN2S. The predicted molar refractivity (Wildman–Crippen MR) is 86.8 cm³/mol. The predicted octanol–water partition coefficient (Wildman–Crippen LogP) is 4.51. The normalized spacial score (nSPS) is 10.2. The number of nitrogens with one attached hydrogen (secondary N) is 2. The highest BCUT2D eigenvalue weighted by Gasteiger charge is 2.05. The van der Waals surface area contributed by atoms with Gasteiger partial charge in [-0.15, -0.1) is 0 Å². The Bertz CT molecular complexity index is 626. The summed E-state index contributed by atoms with van der Waals surface area (Å²) in [6.45, 7) is 4.00. The zero-order valence-electron chi connectivity index (χ0n) is 11.5. The number of thiocarbonyl (C=S) groups is 1. The molecule has 0 saturated carbocycles. The molecule has 4 heteroatoms. The Labute approximate surface area is 124 Å². The SMILES string of the molecule is CCc1cccc(NC(=S)Nc2cc(C)ccc2F)c1. The second-order valence-corrected chi connectivity index (χ2v) is 5.02. The van der Waals surface area contributed by atoms with Gasteiger partial charge >= 0.3 is 0 Å². The first-order valence-electron chi connectivity index (χ1n) is 6.51. The Hall–Kier alpha value is -1.94. The van der Waals surface area contributed by atoms with Gasteiger partial charge in [0, 0.05) is 5.69 Å². The molecule has 0 aromatic heterocycles. The smallest absolute Gasteiger partial charge is 0.175 e. The van der Waals surface area contributed by atoms with E-state index >= 15 is 0 Å². The van der Waals surface area contributed by atoms with Gasteiger partial charge in [0.25, 0.3) is 0 Å². The lowest BCUT2D eigenvalue weighted by molar-refractivity contribution is 0.632. The summed E-state index contributed by atoms with van der Waals surface area (Å²) in [5.74, 6) is -0.318. The largest absolute Gasteiger partial charge is 0.332 e. The van der Waals surface area contributed by atoms with Gasteiger partial charge in [0.2, 0.25) is 0 Å². The van der Waals surface area contributed by atoms with Crippen LogP contribution >= 0.6 is 12.2 Å². The molecule has 0 aliphatic carbocycles. The summed E-state index contributed by atoms with van der Waals surface area (Å²) < 4.78 is 13.6. The summed E-state index contributed by atoms with van der Waals surface area (Å²) in [5.41, 5.74) is 3.48. The second-order valence-electron chi connectivity index (χ2n) is 4.62. The molecule has 0 radical (unpaired) electrons. The molecule has 0 heterocycles. The zero-order valence-corrected chi connectivity index (χ0v) is 12.4. The summed E-state index contributed by atoms with van der Waals surface area (Å²) >= 11 is 5.21. The number of anilines is 2. The van der Waals surface area contributed by atoms with Crippen LogP contribution in [0.4, 0.5) is 15.8 Å². The van der Waals surface area contributed by atoms with Crippen LogP contribution in [0.5, 0.6) is 0 Å². The van der Waals surface area contributed by atoms with Gasteiger partial charge in [0.1, 0.15) is 5.82 Å². The lowest BCUT2D eigenvalue weighted by Gasteiger charge is -2.12. The average molecular weight is 288 g/mol. The maximum atomic E-state index is 13.6. The first kappa shape index (κ1) is 14.5. The molecule has 0 unspecified atom stereocenters. The first-order valence-corrected chi connectivity index (χ1v) is 6.92. The Morgan fingerprint density at radius 3 is 2.70 bits per heavy atom. The van der Waals surface area contributed by atoms with Crippen molar-refractivity contribution in [2.75, 3.05) is 10.6 Å². The third kappa shape index (κ3) is 3.78. The minimum absolute atomic E-state index is 0.318. The molecular weight excluding hydrogens is 271 g/mol. The van der Waals surface area contributed by atoms with Crippen molar-refractivity contribution in [2.45, 2.75) is 20.3 Å². The van der Waals surface area contributed by atoms with Crippen molar-refractivity contribution in [3.63, 3.8) is 0 Å². The van der Waals surface area contributed by atoms with Crippen molar-refractivity contribution >= 4 is 28.7 Å². The Kier molecular flexibility index (Phi) is 4.69. The molecule has 2 N–H and O–H groups in total. The number of hydrogen-bond donors (Lipinski definition) is 2. The minimum Gasteiger partial charge on any atom is -0.332 e. The molecule has 20 heavy (non-hydrogen) atoms. The van der Waals surface area contributed by atoms with Gasteiger partial charge in [-0.05, 0) is 61.0 Å². The fourth-order valence-corrected chi connectivity index (χ4v) is 2.12. The van der Waals surface area contributed by atoms with Crippen molar-refractivity contribution < 1.29 is 4.39 Å². The maximum Gasteiger partial charge on any atom is 0.175 e. The van der Waals surface area contributed by atoms with E-state index in [0.29, 0.717) is 10.8 Å². The van der Waals surface area contributed by atoms with Crippen molar-refractivity contribution in [1.82, 2.24) is 0 Å².